The molecule has 1 saturated heterocycles. The van der Waals surface area contributed by atoms with Crippen molar-refractivity contribution in [3.8, 4) is 0 Å². The Labute approximate surface area is 110 Å². The lowest BCUT2D eigenvalue weighted by atomic mass is 9.78. The smallest absolute Gasteiger partial charge is 0.237 e. The highest BCUT2D eigenvalue weighted by molar-refractivity contribution is 5.84. The zero-order valence-electron chi connectivity index (χ0n) is 11.9. The molecule has 1 saturated carbocycles. The lowest BCUT2D eigenvalue weighted by Gasteiger charge is -2.42. The summed E-state index contributed by atoms with van der Waals surface area (Å²) in [7, 11) is 1.86. The quantitative estimate of drug-likeness (QED) is 0.787. The van der Waals surface area contributed by atoms with Gasteiger partial charge in [-0.2, -0.15) is 0 Å². The number of nitrogens with one attached hydrogen (secondary N) is 1. The number of carbonyl (C=O) groups excluding carboxylic acids is 1. The maximum atomic E-state index is 11.7. The average molecular weight is 253 g/mol. The molecule has 0 aromatic rings. The third-order valence-electron chi connectivity index (χ3n) is 5.21. The molecule has 18 heavy (non-hydrogen) atoms. The number of primary amides is 1. The van der Waals surface area contributed by atoms with Gasteiger partial charge in [0.05, 0.1) is 5.54 Å². The normalized spacial score (nSPS) is 42.1. The van der Waals surface area contributed by atoms with Crippen molar-refractivity contribution in [3.05, 3.63) is 0 Å². The lowest BCUT2D eigenvalue weighted by molar-refractivity contribution is -0.126. The number of carbonyl (C=O) groups is 1. The van der Waals surface area contributed by atoms with Gasteiger partial charge in [0.25, 0.3) is 0 Å². The standard InChI is InChI=1S/C14H27N3O/c1-10-8-17(9-11(10)2)12-5-4-6-14(7-12,16-3)13(15)18/h10-12,16H,4-9H2,1-3H3,(H2,15,18). The van der Waals surface area contributed by atoms with E-state index in [0.29, 0.717) is 6.04 Å². The van der Waals surface area contributed by atoms with E-state index in [4.69, 9.17) is 5.73 Å². The fraction of sp³-hybridized carbons (Fsp3) is 0.929. The summed E-state index contributed by atoms with van der Waals surface area (Å²) in [5.74, 6) is 1.35. The van der Waals surface area contributed by atoms with Crippen molar-refractivity contribution in [2.24, 2.45) is 17.6 Å². The molecule has 2 fully saturated rings. The van der Waals surface area contributed by atoms with Gasteiger partial charge >= 0.3 is 0 Å². The molecule has 0 radical (unpaired) electrons. The predicted octanol–water partition coefficient (Wildman–Crippen LogP) is 0.960. The van der Waals surface area contributed by atoms with Crippen LogP contribution in [-0.2, 0) is 4.79 Å². The van der Waals surface area contributed by atoms with Gasteiger partial charge in [-0.1, -0.05) is 13.8 Å². The number of likely N-dealkylation sites (N-methyl/N-ethyl adjacent to an activating group) is 1. The molecule has 0 aromatic heterocycles. The van der Waals surface area contributed by atoms with Gasteiger partial charge in [0, 0.05) is 19.1 Å². The van der Waals surface area contributed by atoms with Crippen molar-refractivity contribution < 1.29 is 4.79 Å². The summed E-state index contributed by atoms with van der Waals surface area (Å²) in [6.45, 7) is 6.99. The number of hydrogen-bond acceptors (Lipinski definition) is 3. The number of nitrogens with two attached hydrogens (primary N) is 1. The maximum Gasteiger partial charge on any atom is 0.237 e. The van der Waals surface area contributed by atoms with E-state index in [9.17, 15) is 4.79 Å². The molecule has 3 N–H and O–H groups in total. The van der Waals surface area contributed by atoms with Crippen LogP contribution < -0.4 is 11.1 Å². The van der Waals surface area contributed by atoms with E-state index in [1.807, 2.05) is 7.05 Å². The third kappa shape index (κ3) is 2.41. The minimum absolute atomic E-state index is 0.185. The van der Waals surface area contributed by atoms with E-state index < -0.39 is 5.54 Å². The van der Waals surface area contributed by atoms with Gasteiger partial charge in [-0.3, -0.25) is 9.69 Å². The van der Waals surface area contributed by atoms with E-state index in [1.165, 1.54) is 19.5 Å². The molecule has 4 heteroatoms. The topological polar surface area (TPSA) is 58.4 Å². The summed E-state index contributed by atoms with van der Waals surface area (Å²) in [5.41, 5.74) is 5.13. The molecular weight excluding hydrogens is 226 g/mol. The molecule has 4 unspecified atom stereocenters. The van der Waals surface area contributed by atoms with Gasteiger partial charge in [-0.05, 0) is 44.6 Å². The van der Waals surface area contributed by atoms with E-state index in [1.54, 1.807) is 0 Å². The Balaban J connectivity index is 2.05. The zero-order chi connectivity index (χ0) is 13.3. The minimum Gasteiger partial charge on any atom is -0.368 e. The molecule has 1 aliphatic carbocycles. The van der Waals surface area contributed by atoms with Crippen molar-refractivity contribution in [1.82, 2.24) is 10.2 Å². The van der Waals surface area contributed by atoms with Gasteiger partial charge in [0.1, 0.15) is 0 Å². The monoisotopic (exact) mass is 253 g/mol. The third-order valence-corrected chi connectivity index (χ3v) is 5.21. The number of rotatable bonds is 3. The van der Waals surface area contributed by atoms with Gasteiger partial charge in [0.15, 0.2) is 0 Å². The average Bonchev–Trinajstić information content (AvgIpc) is 2.69. The SMILES string of the molecule is CNC1(C(N)=O)CCCC(N2CC(C)C(C)C2)C1. The second-order valence-corrected chi connectivity index (χ2v) is 6.36. The number of amides is 1. The largest absolute Gasteiger partial charge is 0.368 e. The Bertz CT molecular complexity index is 310. The Morgan fingerprint density at radius 3 is 2.44 bits per heavy atom. The van der Waals surface area contributed by atoms with Crippen LogP contribution >= 0.6 is 0 Å². The first-order valence-corrected chi connectivity index (χ1v) is 7.21. The van der Waals surface area contributed by atoms with Crippen LogP contribution in [0.4, 0.5) is 0 Å². The molecule has 2 aliphatic rings. The molecule has 0 aromatic carbocycles. The molecule has 104 valence electrons. The van der Waals surface area contributed by atoms with Crippen LogP contribution in [0.15, 0.2) is 0 Å². The first-order chi connectivity index (χ1) is 8.48. The Kier molecular flexibility index (Phi) is 3.97. The number of hydrogen-bond donors (Lipinski definition) is 2. The van der Waals surface area contributed by atoms with Crippen LogP contribution in [0.5, 0.6) is 0 Å². The Hall–Kier alpha value is -0.610. The fourth-order valence-electron chi connectivity index (χ4n) is 3.60. The molecule has 2 rings (SSSR count). The first kappa shape index (κ1) is 13.8. The summed E-state index contributed by atoms with van der Waals surface area (Å²) in [4.78, 5) is 14.3. The molecule has 0 bridgehead atoms. The number of nitrogens with zero attached hydrogens (tertiary/aromatic N) is 1. The Morgan fingerprint density at radius 1 is 1.33 bits per heavy atom. The summed E-state index contributed by atoms with van der Waals surface area (Å²) >= 11 is 0. The fourth-order valence-corrected chi connectivity index (χ4v) is 3.60. The van der Waals surface area contributed by atoms with Crippen molar-refractivity contribution in [1.29, 1.82) is 0 Å². The van der Waals surface area contributed by atoms with Gasteiger partial charge in [-0.15, -0.1) is 0 Å². The van der Waals surface area contributed by atoms with Crippen LogP contribution in [0, 0.1) is 11.8 Å². The summed E-state index contributed by atoms with van der Waals surface area (Å²) in [5, 5.41) is 3.19. The van der Waals surface area contributed by atoms with Crippen LogP contribution in [0.3, 0.4) is 0 Å². The zero-order valence-corrected chi connectivity index (χ0v) is 11.9. The first-order valence-electron chi connectivity index (χ1n) is 7.21. The van der Waals surface area contributed by atoms with Crippen molar-refractivity contribution in [2.45, 2.75) is 51.1 Å². The summed E-state index contributed by atoms with van der Waals surface area (Å²) < 4.78 is 0. The van der Waals surface area contributed by atoms with Crippen LogP contribution in [0.1, 0.15) is 39.5 Å². The Morgan fingerprint density at radius 2 is 1.94 bits per heavy atom. The molecule has 1 aliphatic heterocycles. The predicted molar refractivity (Wildman–Crippen MR) is 73.1 cm³/mol. The van der Waals surface area contributed by atoms with Crippen LogP contribution in [-0.4, -0.2) is 42.5 Å². The lowest BCUT2D eigenvalue weighted by Crippen LogP contribution is -2.59. The van der Waals surface area contributed by atoms with Crippen molar-refractivity contribution >= 4 is 5.91 Å². The van der Waals surface area contributed by atoms with Gasteiger partial charge < -0.3 is 11.1 Å². The van der Waals surface area contributed by atoms with E-state index in [0.717, 1.165) is 31.1 Å². The highest BCUT2D eigenvalue weighted by Crippen LogP contribution is 2.34. The van der Waals surface area contributed by atoms with Crippen molar-refractivity contribution in [2.75, 3.05) is 20.1 Å². The number of likely N-dealkylation sites (tertiary alicyclic amines) is 1. The molecule has 4 nitrogen and oxygen atoms in total. The molecule has 1 heterocycles. The highest BCUT2D eigenvalue weighted by atomic mass is 16.1. The summed E-state index contributed by atoms with van der Waals surface area (Å²) in [6, 6.07) is 0.520. The van der Waals surface area contributed by atoms with Gasteiger partial charge in [0.2, 0.25) is 5.91 Å². The van der Waals surface area contributed by atoms with Gasteiger partial charge in [-0.25, -0.2) is 0 Å². The summed E-state index contributed by atoms with van der Waals surface area (Å²) in [6.07, 6.45) is 4.05. The molecule has 1 amide bonds. The van der Waals surface area contributed by atoms with E-state index >= 15 is 0 Å². The van der Waals surface area contributed by atoms with Crippen LogP contribution in [0.2, 0.25) is 0 Å². The second-order valence-electron chi connectivity index (χ2n) is 6.36. The van der Waals surface area contributed by atoms with E-state index in [-0.39, 0.29) is 5.91 Å². The highest BCUT2D eigenvalue weighted by Gasteiger charge is 2.43. The molecule has 0 spiro atoms. The second kappa shape index (κ2) is 5.17. The van der Waals surface area contributed by atoms with E-state index in [2.05, 4.69) is 24.1 Å². The van der Waals surface area contributed by atoms with Crippen LogP contribution in [0.25, 0.3) is 0 Å². The van der Waals surface area contributed by atoms with Crippen molar-refractivity contribution in [3.63, 3.8) is 0 Å². The minimum atomic E-state index is -0.474. The molecular formula is C14H27N3O. The molecule has 4 atom stereocenters. The maximum absolute atomic E-state index is 11.7.